The second kappa shape index (κ2) is 7.35. The molecule has 0 saturated heterocycles. The van der Waals surface area contributed by atoms with Gasteiger partial charge in [0.2, 0.25) is 11.8 Å². The summed E-state index contributed by atoms with van der Waals surface area (Å²) < 4.78 is 0. The van der Waals surface area contributed by atoms with Crippen molar-refractivity contribution in [2.24, 2.45) is 11.5 Å². The van der Waals surface area contributed by atoms with E-state index in [-0.39, 0.29) is 12.8 Å². The van der Waals surface area contributed by atoms with Crippen molar-refractivity contribution in [3.05, 3.63) is 0 Å². The number of imide groups is 1. The van der Waals surface area contributed by atoms with Crippen LogP contribution >= 0.6 is 0 Å². The van der Waals surface area contributed by atoms with E-state index in [9.17, 15) is 19.2 Å². The smallest absolute Gasteiger partial charge is 0.320 e. The summed E-state index contributed by atoms with van der Waals surface area (Å²) in [5, 5.41) is 18.7. The summed E-state index contributed by atoms with van der Waals surface area (Å²) in [6, 6.07) is -2.53. The monoisotopic (exact) mass is 261 g/mol. The van der Waals surface area contributed by atoms with Crippen molar-refractivity contribution in [2.45, 2.75) is 31.3 Å². The first-order valence-corrected chi connectivity index (χ1v) is 5.03. The predicted molar refractivity (Wildman–Crippen MR) is 58.2 cm³/mol. The Kier molecular flexibility index (Phi) is 6.53. The third-order valence-corrected chi connectivity index (χ3v) is 1.99. The molecule has 0 aromatic rings. The van der Waals surface area contributed by atoms with Crippen LogP contribution in [-0.2, 0) is 19.2 Å². The molecule has 9 heteroatoms. The molecule has 0 fully saturated rings. The van der Waals surface area contributed by atoms with Gasteiger partial charge in [0.05, 0.1) is 12.5 Å². The number of nitrogens with one attached hydrogen (secondary N) is 1. The average molecular weight is 261 g/mol. The minimum atomic E-state index is -1.33. The molecule has 0 rings (SSSR count). The molecule has 2 amide bonds. The van der Waals surface area contributed by atoms with Gasteiger partial charge >= 0.3 is 11.9 Å². The molecule has 0 aromatic carbocycles. The van der Waals surface area contributed by atoms with Gasteiger partial charge in [0.1, 0.15) is 6.04 Å². The predicted octanol–water partition coefficient (Wildman–Crippen LogP) is -2.38. The van der Waals surface area contributed by atoms with Crippen molar-refractivity contribution in [3.63, 3.8) is 0 Å². The summed E-state index contributed by atoms with van der Waals surface area (Å²) in [6.07, 6.45) is -1.00. The molecule has 0 aliphatic carbocycles. The van der Waals surface area contributed by atoms with Crippen LogP contribution in [0.1, 0.15) is 19.3 Å². The second-order valence-corrected chi connectivity index (χ2v) is 3.60. The van der Waals surface area contributed by atoms with E-state index < -0.39 is 42.3 Å². The van der Waals surface area contributed by atoms with Crippen molar-refractivity contribution in [3.8, 4) is 0 Å². The maximum absolute atomic E-state index is 11.2. The Bertz CT molecular complexity index is 356. The van der Waals surface area contributed by atoms with Gasteiger partial charge in [-0.15, -0.1) is 0 Å². The zero-order valence-electron chi connectivity index (χ0n) is 9.46. The Labute approximate surface area is 102 Å². The van der Waals surface area contributed by atoms with Crippen LogP contribution in [-0.4, -0.2) is 46.0 Å². The summed E-state index contributed by atoms with van der Waals surface area (Å²) >= 11 is 0. The van der Waals surface area contributed by atoms with E-state index in [0.717, 1.165) is 0 Å². The van der Waals surface area contributed by atoms with Gasteiger partial charge in [-0.1, -0.05) is 0 Å². The van der Waals surface area contributed by atoms with Crippen LogP contribution in [0, 0.1) is 0 Å². The summed E-state index contributed by atoms with van der Waals surface area (Å²) in [4.78, 5) is 43.0. The number of carbonyl (C=O) groups excluding carboxylic acids is 2. The fourth-order valence-electron chi connectivity index (χ4n) is 0.984. The van der Waals surface area contributed by atoms with E-state index in [1.807, 2.05) is 5.32 Å². The standard InChI is InChI=1S/C9H15N3O6/c10-4(9(17)18)1-2-6(13)12-8(16)5(11)3-7(14)15/h4-5H,1-3,10-11H2,(H,14,15)(H,17,18)(H,12,13,16). The lowest BCUT2D eigenvalue weighted by Crippen LogP contribution is -2.44. The van der Waals surface area contributed by atoms with Gasteiger partial charge in [-0.3, -0.25) is 24.5 Å². The molecule has 0 aliphatic rings. The Balaban J connectivity index is 4.05. The number of carboxylic acid groups (broad SMARTS) is 2. The number of amides is 2. The lowest BCUT2D eigenvalue weighted by Gasteiger charge is -2.10. The summed E-state index contributed by atoms with van der Waals surface area (Å²) in [6.45, 7) is 0. The third-order valence-electron chi connectivity index (χ3n) is 1.99. The highest BCUT2D eigenvalue weighted by Gasteiger charge is 2.20. The molecule has 0 spiro atoms. The number of carbonyl (C=O) groups is 4. The van der Waals surface area contributed by atoms with Crippen molar-refractivity contribution in [2.75, 3.05) is 0 Å². The van der Waals surface area contributed by atoms with Crippen LogP contribution in [0.5, 0.6) is 0 Å². The van der Waals surface area contributed by atoms with E-state index >= 15 is 0 Å². The van der Waals surface area contributed by atoms with Gasteiger partial charge in [-0.25, -0.2) is 0 Å². The quantitative estimate of drug-likeness (QED) is 0.338. The average Bonchev–Trinajstić information content (AvgIpc) is 2.24. The van der Waals surface area contributed by atoms with Crippen molar-refractivity contribution in [1.29, 1.82) is 0 Å². The Morgan fingerprint density at radius 3 is 2.06 bits per heavy atom. The first-order valence-electron chi connectivity index (χ1n) is 5.03. The van der Waals surface area contributed by atoms with Crippen LogP contribution in [0.15, 0.2) is 0 Å². The molecule has 0 radical (unpaired) electrons. The van der Waals surface area contributed by atoms with Crippen molar-refractivity contribution >= 4 is 23.8 Å². The molecule has 7 N–H and O–H groups in total. The maximum atomic E-state index is 11.2. The molecule has 0 aliphatic heterocycles. The first-order chi connectivity index (χ1) is 8.23. The summed E-state index contributed by atoms with van der Waals surface area (Å²) in [7, 11) is 0. The topological polar surface area (TPSA) is 173 Å². The number of carboxylic acids is 2. The molecule has 2 atom stereocenters. The van der Waals surface area contributed by atoms with Crippen LogP contribution in [0.4, 0.5) is 0 Å². The van der Waals surface area contributed by atoms with E-state index in [2.05, 4.69) is 0 Å². The summed E-state index contributed by atoms with van der Waals surface area (Å²) in [5.41, 5.74) is 10.4. The molecule has 0 heterocycles. The third kappa shape index (κ3) is 6.55. The van der Waals surface area contributed by atoms with Crippen LogP contribution < -0.4 is 16.8 Å². The number of aliphatic carboxylic acids is 2. The molecule has 2 unspecified atom stereocenters. The molecule has 102 valence electrons. The molecular formula is C9H15N3O6. The van der Waals surface area contributed by atoms with Gasteiger partial charge < -0.3 is 21.7 Å². The number of hydrogen-bond donors (Lipinski definition) is 5. The number of hydrogen-bond acceptors (Lipinski definition) is 6. The highest BCUT2D eigenvalue weighted by Crippen LogP contribution is 1.96. The van der Waals surface area contributed by atoms with E-state index in [1.54, 1.807) is 0 Å². The lowest BCUT2D eigenvalue weighted by atomic mass is 10.1. The fourth-order valence-corrected chi connectivity index (χ4v) is 0.984. The SMILES string of the molecule is NC(CCC(=O)NC(=O)C(N)CC(=O)O)C(=O)O. The number of nitrogens with two attached hydrogens (primary N) is 2. The minimum absolute atomic E-state index is 0.136. The van der Waals surface area contributed by atoms with Gasteiger partial charge in [-0.2, -0.15) is 0 Å². The van der Waals surface area contributed by atoms with E-state index in [1.165, 1.54) is 0 Å². The van der Waals surface area contributed by atoms with Crippen LogP contribution in [0.25, 0.3) is 0 Å². The lowest BCUT2D eigenvalue weighted by molar-refractivity contribution is -0.141. The largest absolute Gasteiger partial charge is 0.481 e. The molecule has 9 nitrogen and oxygen atoms in total. The van der Waals surface area contributed by atoms with Crippen molar-refractivity contribution < 1.29 is 29.4 Å². The second-order valence-electron chi connectivity index (χ2n) is 3.60. The zero-order chi connectivity index (χ0) is 14.3. The van der Waals surface area contributed by atoms with Gasteiger partial charge in [0.25, 0.3) is 0 Å². The Morgan fingerprint density at radius 1 is 1.06 bits per heavy atom. The zero-order valence-corrected chi connectivity index (χ0v) is 9.46. The molecule has 0 saturated carbocycles. The maximum Gasteiger partial charge on any atom is 0.320 e. The highest BCUT2D eigenvalue weighted by atomic mass is 16.4. The Hall–Kier alpha value is -2.00. The molecule has 18 heavy (non-hydrogen) atoms. The van der Waals surface area contributed by atoms with Crippen LogP contribution in [0.2, 0.25) is 0 Å². The summed E-state index contributed by atoms with van der Waals surface area (Å²) in [5.74, 6) is -4.20. The van der Waals surface area contributed by atoms with E-state index in [4.69, 9.17) is 21.7 Å². The van der Waals surface area contributed by atoms with Crippen molar-refractivity contribution in [1.82, 2.24) is 5.32 Å². The minimum Gasteiger partial charge on any atom is -0.481 e. The normalized spacial score (nSPS) is 13.4. The molecular weight excluding hydrogens is 246 g/mol. The van der Waals surface area contributed by atoms with E-state index in [0.29, 0.717) is 0 Å². The molecule has 0 aromatic heterocycles. The van der Waals surface area contributed by atoms with Gasteiger partial charge in [0, 0.05) is 6.42 Å². The Morgan fingerprint density at radius 2 is 1.61 bits per heavy atom. The highest BCUT2D eigenvalue weighted by molar-refractivity contribution is 5.98. The van der Waals surface area contributed by atoms with Crippen LogP contribution in [0.3, 0.4) is 0 Å². The fraction of sp³-hybridized carbons (Fsp3) is 0.556. The molecule has 0 bridgehead atoms. The number of rotatable bonds is 7. The van der Waals surface area contributed by atoms with Gasteiger partial charge in [-0.05, 0) is 6.42 Å². The van der Waals surface area contributed by atoms with Gasteiger partial charge in [0.15, 0.2) is 0 Å². The first kappa shape index (κ1) is 16.0.